The van der Waals surface area contributed by atoms with Gasteiger partial charge in [-0.1, -0.05) is 30.3 Å². The summed E-state index contributed by atoms with van der Waals surface area (Å²) >= 11 is 1.26. The summed E-state index contributed by atoms with van der Waals surface area (Å²) in [5.74, 6) is -0.446. The molecule has 2 N–H and O–H groups in total. The molecule has 0 bridgehead atoms. The van der Waals surface area contributed by atoms with Crippen LogP contribution in [0.1, 0.15) is 15.9 Å². The number of ether oxygens (including phenoxy) is 2. The summed E-state index contributed by atoms with van der Waals surface area (Å²) in [5.41, 5.74) is 1.19. The molecule has 0 saturated heterocycles. The molecule has 0 saturated carbocycles. The fourth-order valence-corrected chi connectivity index (χ4v) is 3.91. The average molecular weight is 422 g/mol. The summed E-state index contributed by atoms with van der Waals surface area (Å²) in [6.07, 6.45) is 1.58. The summed E-state index contributed by atoms with van der Waals surface area (Å²) in [4.78, 5) is 17.6. The van der Waals surface area contributed by atoms with Gasteiger partial charge in [0.25, 0.3) is 0 Å². The number of hydrogen-bond donors (Lipinski definition) is 2. The first-order chi connectivity index (χ1) is 14.6. The topological polar surface area (TPSA) is 93.8 Å². The van der Waals surface area contributed by atoms with Crippen molar-refractivity contribution in [3.05, 3.63) is 71.2 Å². The van der Waals surface area contributed by atoms with E-state index in [0.29, 0.717) is 33.5 Å². The third-order valence-electron chi connectivity index (χ3n) is 4.65. The minimum Gasteiger partial charge on any atom is -0.503 e. The Morgan fingerprint density at radius 2 is 1.77 bits per heavy atom. The number of nitrogens with zero attached hydrogens (tertiary/aromatic N) is 2. The number of benzene rings is 2. The number of rotatable bonds is 6. The predicted molar refractivity (Wildman–Crippen MR) is 113 cm³/mol. The van der Waals surface area contributed by atoms with Crippen LogP contribution in [0.15, 0.2) is 60.1 Å². The van der Waals surface area contributed by atoms with Gasteiger partial charge in [-0.25, -0.2) is 4.98 Å². The van der Waals surface area contributed by atoms with Gasteiger partial charge in [0.05, 0.1) is 25.5 Å². The van der Waals surface area contributed by atoms with E-state index in [4.69, 9.17) is 9.47 Å². The van der Waals surface area contributed by atoms with E-state index in [0.717, 1.165) is 0 Å². The van der Waals surface area contributed by atoms with E-state index in [1.807, 2.05) is 0 Å². The van der Waals surface area contributed by atoms with Gasteiger partial charge in [0.1, 0.15) is 0 Å². The second-order valence-electron chi connectivity index (χ2n) is 6.31. The van der Waals surface area contributed by atoms with Crippen molar-refractivity contribution in [1.82, 2.24) is 9.55 Å². The lowest BCUT2D eigenvalue weighted by Gasteiger charge is -2.13. The van der Waals surface area contributed by atoms with E-state index in [2.05, 4.69) is 4.98 Å². The van der Waals surface area contributed by atoms with E-state index in [9.17, 15) is 15.0 Å². The van der Waals surface area contributed by atoms with E-state index < -0.39 is 17.4 Å². The van der Waals surface area contributed by atoms with Gasteiger partial charge in [-0.15, -0.1) is 11.3 Å². The zero-order valence-corrected chi connectivity index (χ0v) is 17.0. The molecule has 0 radical (unpaired) electrons. The van der Waals surface area contributed by atoms with Gasteiger partial charge in [-0.05, 0) is 18.2 Å². The maximum Gasteiger partial charge on any atom is 0.242 e. The summed E-state index contributed by atoms with van der Waals surface area (Å²) < 4.78 is 12.1. The van der Waals surface area contributed by atoms with Gasteiger partial charge in [-0.3, -0.25) is 9.36 Å². The fraction of sp³-hybridized carbons (Fsp3) is 0.0909. The Kier molecular flexibility index (Phi) is 5.16. The maximum atomic E-state index is 13.3. The SMILES string of the molecule is COc1ccc(-c2c(C(=O)c3ccccc3)c(O)c(O)n2-c2nccs2)cc1OC. The first-order valence-electron chi connectivity index (χ1n) is 8.95. The summed E-state index contributed by atoms with van der Waals surface area (Å²) in [6.45, 7) is 0. The van der Waals surface area contributed by atoms with Crippen molar-refractivity contribution < 1.29 is 24.5 Å². The number of thiazole rings is 1. The number of methoxy groups -OCH3 is 2. The third kappa shape index (κ3) is 3.17. The predicted octanol–water partition coefficient (Wildman–Crippen LogP) is 4.26. The molecule has 30 heavy (non-hydrogen) atoms. The Hall–Kier alpha value is -3.78. The minimum atomic E-state index is -0.510. The van der Waals surface area contributed by atoms with Gasteiger partial charge in [0.2, 0.25) is 5.88 Å². The number of aromatic nitrogens is 2. The highest BCUT2D eigenvalue weighted by Crippen LogP contribution is 2.45. The Bertz CT molecular complexity index is 1200. The lowest BCUT2D eigenvalue weighted by molar-refractivity contribution is 0.103. The van der Waals surface area contributed by atoms with Crippen LogP contribution in [0.4, 0.5) is 0 Å². The van der Waals surface area contributed by atoms with Crippen LogP contribution >= 0.6 is 11.3 Å². The molecule has 0 aliphatic carbocycles. The first-order valence-corrected chi connectivity index (χ1v) is 9.83. The van der Waals surface area contributed by atoms with E-state index >= 15 is 0 Å². The molecule has 2 aromatic heterocycles. The van der Waals surface area contributed by atoms with Crippen LogP contribution in [0.2, 0.25) is 0 Å². The molecule has 152 valence electrons. The maximum absolute atomic E-state index is 13.3. The average Bonchev–Trinajstić information content (AvgIpc) is 3.40. The molecule has 0 amide bonds. The first kappa shape index (κ1) is 19.5. The normalized spacial score (nSPS) is 10.7. The molecule has 2 aromatic carbocycles. The standard InChI is InChI=1S/C22H18N2O5S/c1-28-15-9-8-14(12-16(15)29-2)18-17(19(25)13-6-4-3-5-7-13)20(26)21(27)24(18)22-23-10-11-30-22/h3-12,26-27H,1-2H3. The van der Waals surface area contributed by atoms with E-state index in [1.165, 1.54) is 30.1 Å². The Labute approximate surface area is 176 Å². The van der Waals surface area contributed by atoms with E-state index in [-0.39, 0.29) is 5.56 Å². The second-order valence-corrected chi connectivity index (χ2v) is 7.18. The fourth-order valence-electron chi connectivity index (χ4n) is 3.27. The molecule has 8 heteroatoms. The Morgan fingerprint density at radius 1 is 1.03 bits per heavy atom. The zero-order valence-electron chi connectivity index (χ0n) is 16.2. The Morgan fingerprint density at radius 3 is 2.40 bits per heavy atom. The lowest BCUT2D eigenvalue weighted by Crippen LogP contribution is -2.05. The molecule has 0 unspecified atom stereocenters. The number of aromatic hydroxyl groups is 2. The number of hydrogen-bond acceptors (Lipinski definition) is 7. The highest BCUT2D eigenvalue weighted by molar-refractivity contribution is 7.12. The number of ketones is 1. The molecule has 0 spiro atoms. The van der Waals surface area contributed by atoms with Crippen LogP contribution in [0.3, 0.4) is 0 Å². The van der Waals surface area contributed by atoms with Crippen molar-refractivity contribution in [2.75, 3.05) is 14.2 Å². The molecule has 0 aliphatic heterocycles. The van der Waals surface area contributed by atoms with E-state index in [1.54, 1.807) is 60.1 Å². The van der Waals surface area contributed by atoms with Crippen LogP contribution in [-0.4, -0.2) is 39.8 Å². The van der Waals surface area contributed by atoms with Crippen LogP contribution in [-0.2, 0) is 0 Å². The van der Waals surface area contributed by atoms with Crippen LogP contribution in [0.25, 0.3) is 16.4 Å². The molecule has 7 nitrogen and oxygen atoms in total. The Balaban J connectivity index is 2.03. The molecule has 4 rings (SSSR count). The molecular weight excluding hydrogens is 404 g/mol. The minimum absolute atomic E-state index is 0.0267. The summed E-state index contributed by atoms with van der Waals surface area (Å²) in [5, 5.41) is 23.6. The van der Waals surface area contributed by atoms with Gasteiger partial charge >= 0.3 is 0 Å². The number of carbonyl (C=O) groups excluding carboxylic acids is 1. The second kappa shape index (κ2) is 7.92. The van der Waals surface area contributed by atoms with Crippen LogP contribution in [0, 0.1) is 0 Å². The van der Waals surface area contributed by atoms with Gasteiger partial charge < -0.3 is 19.7 Å². The quantitative estimate of drug-likeness (QED) is 0.451. The van der Waals surface area contributed by atoms with Crippen molar-refractivity contribution in [3.63, 3.8) is 0 Å². The van der Waals surface area contributed by atoms with Gasteiger partial charge in [0, 0.05) is 22.7 Å². The highest BCUT2D eigenvalue weighted by atomic mass is 32.1. The van der Waals surface area contributed by atoms with Gasteiger partial charge in [-0.2, -0.15) is 0 Å². The highest BCUT2D eigenvalue weighted by Gasteiger charge is 2.31. The monoisotopic (exact) mass is 422 g/mol. The molecule has 0 aliphatic rings. The summed E-state index contributed by atoms with van der Waals surface area (Å²) in [6, 6.07) is 13.7. The van der Waals surface area contributed by atoms with Gasteiger partial charge in [0.15, 0.2) is 28.2 Å². The lowest BCUT2D eigenvalue weighted by atomic mass is 9.99. The van der Waals surface area contributed by atoms with Crippen LogP contribution < -0.4 is 9.47 Å². The largest absolute Gasteiger partial charge is 0.503 e. The van der Waals surface area contributed by atoms with Crippen molar-refractivity contribution >= 4 is 17.1 Å². The number of carbonyl (C=O) groups is 1. The van der Waals surface area contributed by atoms with Crippen molar-refractivity contribution in [2.45, 2.75) is 0 Å². The zero-order chi connectivity index (χ0) is 21.3. The van der Waals surface area contributed by atoms with Crippen molar-refractivity contribution in [2.24, 2.45) is 0 Å². The summed E-state index contributed by atoms with van der Waals surface area (Å²) in [7, 11) is 3.03. The molecule has 0 fully saturated rings. The molecule has 4 aromatic rings. The molecule has 2 heterocycles. The molecular formula is C22H18N2O5S. The van der Waals surface area contributed by atoms with Crippen LogP contribution in [0.5, 0.6) is 23.1 Å². The van der Waals surface area contributed by atoms with Crippen molar-refractivity contribution in [1.29, 1.82) is 0 Å². The smallest absolute Gasteiger partial charge is 0.242 e. The van der Waals surface area contributed by atoms with Crippen molar-refractivity contribution in [3.8, 4) is 39.5 Å². The third-order valence-corrected chi connectivity index (χ3v) is 5.41. The molecule has 0 atom stereocenters.